The van der Waals surface area contributed by atoms with Gasteiger partial charge in [0.05, 0.1) is 6.61 Å². The SMILES string of the molecule is CCOCCNCCCNC1CCCCC1. The van der Waals surface area contributed by atoms with Gasteiger partial charge in [-0.25, -0.2) is 0 Å². The first kappa shape index (κ1) is 13.9. The maximum atomic E-state index is 5.26. The van der Waals surface area contributed by atoms with Crippen LogP contribution in [-0.2, 0) is 4.74 Å². The Morgan fingerprint density at radius 1 is 1.06 bits per heavy atom. The van der Waals surface area contributed by atoms with Crippen LogP contribution < -0.4 is 10.6 Å². The Morgan fingerprint density at radius 2 is 1.88 bits per heavy atom. The standard InChI is InChI=1S/C13H28N2O/c1-2-16-12-11-14-9-6-10-15-13-7-4-3-5-8-13/h13-15H,2-12H2,1H3. The van der Waals surface area contributed by atoms with Crippen LogP contribution in [-0.4, -0.2) is 38.9 Å². The van der Waals surface area contributed by atoms with E-state index in [1.165, 1.54) is 38.5 Å². The number of ether oxygens (including phenoxy) is 1. The predicted octanol–water partition coefficient (Wildman–Crippen LogP) is 1.92. The van der Waals surface area contributed by atoms with E-state index in [1.54, 1.807) is 0 Å². The van der Waals surface area contributed by atoms with E-state index in [1.807, 2.05) is 6.92 Å². The van der Waals surface area contributed by atoms with Crippen LogP contribution in [0.5, 0.6) is 0 Å². The molecule has 0 saturated heterocycles. The van der Waals surface area contributed by atoms with Gasteiger partial charge in [0, 0.05) is 19.2 Å². The molecule has 0 heterocycles. The van der Waals surface area contributed by atoms with Crippen LogP contribution in [0.15, 0.2) is 0 Å². The summed E-state index contributed by atoms with van der Waals surface area (Å²) in [4.78, 5) is 0. The van der Waals surface area contributed by atoms with Crippen molar-refractivity contribution in [1.82, 2.24) is 10.6 Å². The molecular formula is C13H28N2O. The summed E-state index contributed by atoms with van der Waals surface area (Å²) in [5, 5.41) is 7.05. The monoisotopic (exact) mass is 228 g/mol. The van der Waals surface area contributed by atoms with Crippen molar-refractivity contribution in [2.24, 2.45) is 0 Å². The van der Waals surface area contributed by atoms with E-state index in [4.69, 9.17) is 4.74 Å². The Bertz CT molecular complexity index is 147. The van der Waals surface area contributed by atoms with E-state index >= 15 is 0 Å². The fourth-order valence-corrected chi connectivity index (χ4v) is 2.24. The molecule has 96 valence electrons. The molecule has 2 N–H and O–H groups in total. The van der Waals surface area contributed by atoms with Gasteiger partial charge in [0.25, 0.3) is 0 Å². The molecule has 0 aromatic rings. The molecule has 0 radical (unpaired) electrons. The first-order valence-electron chi connectivity index (χ1n) is 6.95. The average Bonchev–Trinajstić information content (AvgIpc) is 2.34. The van der Waals surface area contributed by atoms with E-state index in [-0.39, 0.29) is 0 Å². The van der Waals surface area contributed by atoms with E-state index in [0.717, 1.165) is 38.9 Å². The summed E-state index contributed by atoms with van der Waals surface area (Å²) in [6.07, 6.45) is 8.28. The molecule has 0 aromatic heterocycles. The number of hydrogen-bond donors (Lipinski definition) is 2. The lowest BCUT2D eigenvalue weighted by molar-refractivity contribution is 0.149. The molecule has 0 bridgehead atoms. The zero-order valence-corrected chi connectivity index (χ0v) is 10.8. The van der Waals surface area contributed by atoms with Gasteiger partial charge in [0.2, 0.25) is 0 Å². The Hall–Kier alpha value is -0.120. The normalized spacial score (nSPS) is 17.8. The van der Waals surface area contributed by atoms with E-state index in [2.05, 4.69) is 10.6 Å². The van der Waals surface area contributed by atoms with Crippen molar-refractivity contribution < 1.29 is 4.74 Å². The van der Waals surface area contributed by atoms with Crippen LogP contribution >= 0.6 is 0 Å². The lowest BCUT2D eigenvalue weighted by atomic mass is 9.95. The molecule has 1 rings (SSSR count). The summed E-state index contributed by atoms with van der Waals surface area (Å²) in [5.41, 5.74) is 0. The Kier molecular flexibility index (Phi) is 8.77. The summed E-state index contributed by atoms with van der Waals surface area (Å²) >= 11 is 0. The predicted molar refractivity (Wildman–Crippen MR) is 68.9 cm³/mol. The highest BCUT2D eigenvalue weighted by molar-refractivity contribution is 4.71. The fraction of sp³-hybridized carbons (Fsp3) is 1.00. The first-order chi connectivity index (χ1) is 7.93. The Labute approximate surface area is 100 Å². The van der Waals surface area contributed by atoms with Crippen LogP contribution in [0.2, 0.25) is 0 Å². The number of rotatable bonds is 9. The smallest absolute Gasteiger partial charge is 0.0590 e. The summed E-state index contributed by atoms with van der Waals surface area (Å²) in [6, 6.07) is 0.803. The quantitative estimate of drug-likeness (QED) is 0.592. The van der Waals surface area contributed by atoms with Gasteiger partial charge in [0.1, 0.15) is 0 Å². The second kappa shape index (κ2) is 10.1. The molecule has 0 atom stereocenters. The summed E-state index contributed by atoms with van der Waals surface area (Å²) in [6.45, 7) is 6.95. The summed E-state index contributed by atoms with van der Waals surface area (Å²) < 4.78 is 5.26. The largest absolute Gasteiger partial charge is 0.380 e. The topological polar surface area (TPSA) is 33.3 Å². The number of nitrogens with one attached hydrogen (secondary N) is 2. The highest BCUT2D eigenvalue weighted by Gasteiger charge is 2.11. The van der Waals surface area contributed by atoms with Crippen molar-refractivity contribution in [1.29, 1.82) is 0 Å². The molecule has 0 amide bonds. The van der Waals surface area contributed by atoms with Gasteiger partial charge in [-0.2, -0.15) is 0 Å². The zero-order valence-electron chi connectivity index (χ0n) is 10.8. The fourth-order valence-electron chi connectivity index (χ4n) is 2.24. The van der Waals surface area contributed by atoms with Gasteiger partial charge in [0.15, 0.2) is 0 Å². The van der Waals surface area contributed by atoms with Crippen LogP contribution in [0.1, 0.15) is 45.4 Å². The summed E-state index contributed by atoms with van der Waals surface area (Å²) in [5.74, 6) is 0. The van der Waals surface area contributed by atoms with Crippen LogP contribution in [0.3, 0.4) is 0 Å². The molecule has 3 nitrogen and oxygen atoms in total. The van der Waals surface area contributed by atoms with Crippen LogP contribution in [0.25, 0.3) is 0 Å². The third-order valence-electron chi connectivity index (χ3n) is 3.20. The van der Waals surface area contributed by atoms with Gasteiger partial charge < -0.3 is 15.4 Å². The molecule has 0 aliphatic heterocycles. The first-order valence-corrected chi connectivity index (χ1v) is 6.95. The van der Waals surface area contributed by atoms with E-state index in [0.29, 0.717) is 0 Å². The summed E-state index contributed by atoms with van der Waals surface area (Å²) in [7, 11) is 0. The highest BCUT2D eigenvalue weighted by Crippen LogP contribution is 2.16. The van der Waals surface area contributed by atoms with Gasteiger partial charge in [-0.05, 0) is 39.3 Å². The van der Waals surface area contributed by atoms with Crippen LogP contribution in [0.4, 0.5) is 0 Å². The van der Waals surface area contributed by atoms with Gasteiger partial charge in [-0.15, -0.1) is 0 Å². The highest BCUT2D eigenvalue weighted by atomic mass is 16.5. The molecule has 0 spiro atoms. The molecular weight excluding hydrogens is 200 g/mol. The minimum Gasteiger partial charge on any atom is -0.380 e. The van der Waals surface area contributed by atoms with E-state index in [9.17, 15) is 0 Å². The molecule has 1 aliphatic carbocycles. The molecule has 16 heavy (non-hydrogen) atoms. The van der Waals surface area contributed by atoms with Crippen molar-refractivity contribution in [3.8, 4) is 0 Å². The van der Waals surface area contributed by atoms with Crippen molar-refractivity contribution in [3.63, 3.8) is 0 Å². The third kappa shape index (κ3) is 7.20. The van der Waals surface area contributed by atoms with Crippen molar-refractivity contribution >= 4 is 0 Å². The molecule has 0 aromatic carbocycles. The molecule has 1 saturated carbocycles. The Balaban J connectivity index is 1.77. The molecule has 1 aliphatic rings. The van der Waals surface area contributed by atoms with Gasteiger partial charge in [-0.3, -0.25) is 0 Å². The van der Waals surface area contributed by atoms with E-state index < -0.39 is 0 Å². The van der Waals surface area contributed by atoms with Crippen molar-refractivity contribution in [2.45, 2.75) is 51.5 Å². The van der Waals surface area contributed by atoms with Gasteiger partial charge >= 0.3 is 0 Å². The molecule has 0 unspecified atom stereocenters. The average molecular weight is 228 g/mol. The Morgan fingerprint density at radius 3 is 2.62 bits per heavy atom. The molecule has 1 fully saturated rings. The second-order valence-corrected chi connectivity index (χ2v) is 4.59. The third-order valence-corrected chi connectivity index (χ3v) is 3.20. The zero-order chi connectivity index (χ0) is 11.5. The lowest BCUT2D eigenvalue weighted by Gasteiger charge is -2.22. The molecule has 3 heteroatoms. The minimum atomic E-state index is 0.803. The van der Waals surface area contributed by atoms with Crippen LogP contribution in [0, 0.1) is 0 Å². The maximum Gasteiger partial charge on any atom is 0.0590 e. The lowest BCUT2D eigenvalue weighted by Crippen LogP contribution is -2.33. The second-order valence-electron chi connectivity index (χ2n) is 4.59. The van der Waals surface area contributed by atoms with Crippen molar-refractivity contribution in [2.75, 3.05) is 32.8 Å². The van der Waals surface area contributed by atoms with Gasteiger partial charge in [-0.1, -0.05) is 19.3 Å². The number of hydrogen-bond acceptors (Lipinski definition) is 3. The maximum absolute atomic E-state index is 5.26. The van der Waals surface area contributed by atoms with Crippen molar-refractivity contribution in [3.05, 3.63) is 0 Å². The minimum absolute atomic E-state index is 0.803.